The highest BCUT2D eigenvalue weighted by Crippen LogP contribution is 2.43. The molecule has 2 aromatic rings. The van der Waals surface area contributed by atoms with Gasteiger partial charge in [-0.15, -0.1) is 0 Å². The van der Waals surface area contributed by atoms with Crippen LogP contribution in [0.15, 0.2) is 48.7 Å². The zero-order chi connectivity index (χ0) is 43.9. The Morgan fingerprint density at radius 2 is 1.40 bits per heavy atom. The summed E-state index contributed by atoms with van der Waals surface area (Å²) in [4.78, 5) is 76.3. The number of nitrogens with zero attached hydrogens (tertiary/aromatic N) is 2. The fourth-order valence-corrected chi connectivity index (χ4v) is 6.02. The van der Waals surface area contributed by atoms with Gasteiger partial charge in [0.25, 0.3) is 0 Å². The molecule has 2 unspecified atom stereocenters. The molecule has 0 bridgehead atoms. The number of hydrogen-bond donors (Lipinski definition) is 2. The van der Waals surface area contributed by atoms with Crippen LogP contribution in [0.3, 0.4) is 0 Å². The topological polar surface area (TPSA) is 224 Å². The first-order chi connectivity index (χ1) is 28.9. The minimum Gasteiger partial charge on any atom is -0.463 e. The minimum absolute atomic E-state index is 0.0268. The Balaban J connectivity index is 1.50. The Hall–Kier alpha value is -4.35. The number of ether oxygens (including phenoxy) is 5. The molecular weight excluding hydrogens is 803 g/mol. The molecule has 0 radical (unpaired) electrons. The van der Waals surface area contributed by atoms with Gasteiger partial charge in [-0.25, -0.2) is 4.57 Å². The first kappa shape index (κ1) is 51.8. The third-order valence-electron chi connectivity index (χ3n) is 8.25. The van der Waals surface area contributed by atoms with E-state index >= 15 is 0 Å². The Bertz CT molecular complexity index is 1620. The van der Waals surface area contributed by atoms with E-state index in [4.69, 9.17) is 32.7 Å². The molecule has 1 aromatic heterocycles. The van der Waals surface area contributed by atoms with Gasteiger partial charge in [0.15, 0.2) is 17.7 Å². The van der Waals surface area contributed by atoms with Crippen LogP contribution in [0.25, 0.3) is 12.2 Å². The Morgan fingerprint density at radius 1 is 0.717 bits per heavy atom. The van der Waals surface area contributed by atoms with Crippen LogP contribution >= 0.6 is 7.82 Å². The second kappa shape index (κ2) is 31.5. The quantitative estimate of drug-likeness (QED) is 0.0388. The molecule has 0 fully saturated rings. The van der Waals surface area contributed by atoms with Gasteiger partial charge >= 0.3 is 25.7 Å². The fourth-order valence-electron chi connectivity index (χ4n) is 5.23. The number of rotatable bonds is 35. The summed E-state index contributed by atoms with van der Waals surface area (Å²) in [7, 11) is -4.57. The van der Waals surface area contributed by atoms with Crippen molar-refractivity contribution in [2.24, 2.45) is 0 Å². The molecule has 0 saturated carbocycles. The summed E-state index contributed by atoms with van der Waals surface area (Å²) < 4.78 is 48.1. The van der Waals surface area contributed by atoms with Crippen molar-refractivity contribution < 1.29 is 71.3 Å². The molecule has 334 valence electrons. The van der Waals surface area contributed by atoms with Gasteiger partial charge in [0.2, 0.25) is 0 Å². The van der Waals surface area contributed by atoms with Crippen LogP contribution in [0.2, 0.25) is 0 Å². The molecule has 0 aliphatic heterocycles. The van der Waals surface area contributed by atoms with Crippen LogP contribution in [0.4, 0.5) is 5.69 Å². The molecule has 0 amide bonds. The van der Waals surface area contributed by atoms with Gasteiger partial charge in [0, 0.05) is 63.7 Å². The summed E-state index contributed by atoms with van der Waals surface area (Å²) in [6.07, 6.45) is 7.29. The molecule has 18 heteroatoms. The number of benzene rings is 1. The number of pyridine rings is 1. The normalized spacial score (nSPS) is 12.7. The molecule has 0 saturated heterocycles. The van der Waals surface area contributed by atoms with E-state index in [9.17, 15) is 38.5 Å². The molecule has 0 aliphatic carbocycles. The van der Waals surface area contributed by atoms with Crippen molar-refractivity contribution in [3.8, 4) is 0 Å². The molecule has 1 heterocycles. The number of ketones is 2. The van der Waals surface area contributed by atoms with E-state index in [1.165, 1.54) is 0 Å². The van der Waals surface area contributed by atoms with Gasteiger partial charge in [0.1, 0.15) is 26.4 Å². The van der Waals surface area contributed by atoms with Crippen molar-refractivity contribution in [3.63, 3.8) is 0 Å². The number of anilines is 1. The lowest BCUT2D eigenvalue weighted by Gasteiger charge is -2.24. The van der Waals surface area contributed by atoms with Crippen LogP contribution in [-0.2, 0) is 61.3 Å². The zero-order valence-corrected chi connectivity index (χ0v) is 35.6. The average Bonchev–Trinajstić information content (AvgIpc) is 3.22. The van der Waals surface area contributed by atoms with Gasteiger partial charge in [0.05, 0.1) is 32.1 Å². The number of aromatic nitrogens is 1. The zero-order valence-electron chi connectivity index (χ0n) is 34.7. The number of aliphatic hydroxyl groups is 1. The number of carbonyl (C=O) groups excluding carboxylic acids is 5. The van der Waals surface area contributed by atoms with Gasteiger partial charge in [-0.05, 0) is 68.0 Å². The number of phosphoric acid groups is 1. The SMILES string of the molecule is CCCC(=O)OCC(COP(=O)(O)OCCCC(=O)OCCOCCCC(=O)COCC(=O)CCCN(CCO)c1ccc(/C=C/c2ccccn2)cc1)OC(=O)CCC. The van der Waals surface area contributed by atoms with Crippen LogP contribution in [0.1, 0.15) is 89.3 Å². The van der Waals surface area contributed by atoms with Crippen LogP contribution in [0, 0.1) is 0 Å². The standard InChI is InChI=1S/C42H61N2O15P/c1-3-10-40(48)56-32-39(59-42(50)11-4-2)33-58-60(51,52)57-27-9-15-41(49)55-29-28-53-26-8-14-38(47)31-54-30-37(46)13-7-23-44(24-25-45)36-20-17-34(18-21-36)16-19-35-12-5-6-22-43-35/h5-6,12,16-22,39,45H,3-4,7-11,13-15,23-33H2,1-2H3,(H,51,52)/b19-16+. The van der Waals surface area contributed by atoms with Gasteiger partial charge in [-0.3, -0.25) is 38.0 Å². The summed E-state index contributed by atoms with van der Waals surface area (Å²) in [6.45, 7) is 3.31. The average molecular weight is 865 g/mol. The van der Waals surface area contributed by atoms with Crippen molar-refractivity contribution in [2.45, 2.75) is 84.2 Å². The maximum atomic E-state index is 12.4. The number of aliphatic hydroxyl groups excluding tert-OH is 1. The van der Waals surface area contributed by atoms with Crippen molar-refractivity contribution in [2.75, 3.05) is 77.5 Å². The predicted octanol–water partition coefficient (Wildman–Crippen LogP) is 5.29. The molecule has 60 heavy (non-hydrogen) atoms. The van der Waals surface area contributed by atoms with Crippen molar-refractivity contribution in [3.05, 3.63) is 59.9 Å². The number of Topliss-reactive ketones (excluding diaryl/α,β-unsaturated/α-hetero) is 2. The van der Waals surface area contributed by atoms with Crippen LogP contribution < -0.4 is 4.90 Å². The summed E-state index contributed by atoms with van der Waals surface area (Å²) in [5, 5.41) is 9.56. The minimum atomic E-state index is -4.57. The Kier molecular flexibility index (Phi) is 27.2. The van der Waals surface area contributed by atoms with E-state index in [1.807, 2.05) is 59.5 Å². The molecule has 2 atom stereocenters. The van der Waals surface area contributed by atoms with E-state index in [0.717, 1.165) is 16.9 Å². The monoisotopic (exact) mass is 864 g/mol. The smallest absolute Gasteiger partial charge is 0.463 e. The molecule has 2 N–H and O–H groups in total. The fraction of sp³-hybridized carbons (Fsp3) is 0.571. The maximum Gasteiger partial charge on any atom is 0.472 e. The highest BCUT2D eigenvalue weighted by molar-refractivity contribution is 7.47. The lowest BCUT2D eigenvalue weighted by Crippen LogP contribution is -2.29. The van der Waals surface area contributed by atoms with E-state index < -0.39 is 38.4 Å². The Labute approximate surface area is 352 Å². The van der Waals surface area contributed by atoms with Crippen molar-refractivity contribution in [1.29, 1.82) is 0 Å². The third kappa shape index (κ3) is 25.3. The second-order valence-electron chi connectivity index (χ2n) is 13.5. The molecule has 0 spiro atoms. The molecular formula is C42H61N2O15P. The van der Waals surface area contributed by atoms with E-state index in [2.05, 4.69) is 4.98 Å². The highest BCUT2D eigenvalue weighted by atomic mass is 31.2. The first-order valence-electron chi connectivity index (χ1n) is 20.3. The van der Waals surface area contributed by atoms with Crippen LogP contribution in [-0.4, -0.2) is 123 Å². The molecule has 1 aromatic carbocycles. The van der Waals surface area contributed by atoms with Gasteiger partial charge < -0.3 is 38.6 Å². The maximum absolute atomic E-state index is 12.4. The molecule has 0 aliphatic rings. The number of esters is 3. The summed E-state index contributed by atoms with van der Waals surface area (Å²) in [6, 6.07) is 13.6. The van der Waals surface area contributed by atoms with Gasteiger partial charge in [-0.1, -0.05) is 38.1 Å². The van der Waals surface area contributed by atoms with E-state index in [-0.39, 0.29) is 103 Å². The number of carbonyl (C=O) groups is 5. The van der Waals surface area contributed by atoms with Crippen molar-refractivity contribution in [1.82, 2.24) is 4.98 Å². The largest absolute Gasteiger partial charge is 0.472 e. The number of phosphoric ester groups is 1. The summed E-state index contributed by atoms with van der Waals surface area (Å²) in [5.41, 5.74) is 2.81. The van der Waals surface area contributed by atoms with Crippen molar-refractivity contribution >= 4 is 55.1 Å². The highest BCUT2D eigenvalue weighted by Gasteiger charge is 2.26. The second-order valence-corrected chi connectivity index (χ2v) is 14.9. The first-order valence-corrected chi connectivity index (χ1v) is 21.8. The predicted molar refractivity (Wildman–Crippen MR) is 222 cm³/mol. The van der Waals surface area contributed by atoms with E-state index in [0.29, 0.717) is 38.8 Å². The summed E-state index contributed by atoms with van der Waals surface area (Å²) >= 11 is 0. The number of hydrogen-bond acceptors (Lipinski definition) is 16. The summed E-state index contributed by atoms with van der Waals surface area (Å²) in [5.74, 6) is -1.95. The lowest BCUT2D eigenvalue weighted by molar-refractivity contribution is -0.161. The molecule has 2 rings (SSSR count). The van der Waals surface area contributed by atoms with Gasteiger partial charge in [-0.2, -0.15) is 0 Å². The lowest BCUT2D eigenvalue weighted by atomic mass is 10.1. The Morgan fingerprint density at radius 3 is 2.08 bits per heavy atom. The van der Waals surface area contributed by atoms with E-state index in [1.54, 1.807) is 20.0 Å². The third-order valence-corrected chi connectivity index (χ3v) is 9.23. The molecule has 17 nitrogen and oxygen atoms in total. The van der Waals surface area contributed by atoms with Crippen LogP contribution in [0.5, 0.6) is 0 Å².